The van der Waals surface area contributed by atoms with E-state index in [1.165, 1.54) is 5.56 Å². The second kappa shape index (κ2) is 3.42. The lowest BCUT2D eigenvalue weighted by Gasteiger charge is -2.01. The molecule has 0 amide bonds. The van der Waals surface area contributed by atoms with Gasteiger partial charge in [-0.25, -0.2) is 4.98 Å². The van der Waals surface area contributed by atoms with E-state index < -0.39 is 0 Å². The van der Waals surface area contributed by atoms with Crippen LogP contribution in [0.2, 0.25) is 0 Å². The molecule has 1 unspecified atom stereocenters. The maximum atomic E-state index is 5.60. The second-order valence-electron chi connectivity index (χ2n) is 3.73. The minimum atomic E-state index is 0.293. The molecule has 1 heterocycles. The number of hydrogen-bond acceptors (Lipinski definition) is 2. The van der Waals surface area contributed by atoms with Gasteiger partial charge in [-0.2, -0.15) is 0 Å². The molecule has 74 valence electrons. The van der Waals surface area contributed by atoms with E-state index in [-0.39, 0.29) is 0 Å². The maximum absolute atomic E-state index is 5.60. The summed E-state index contributed by atoms with van der Waals surface area (Å²) >= 11 is 0. The van der Waals surface area contributed by atoms with Gasteiger partial charge in [0.25, 0.3) is 0 Å². The minimum absolute atomic E-state index is 0.293. The molecule has 3 nitrogen and oxygen atoms in total. The first-order chi connectivity index (χ1) is 6.72. The van der Waals surface area contributed by atoms with E-state index in [1.807, 2.05) is 12.1 Å². The van der Waals surface area contributed by atoms with Crippen LogP contribution in [0.15, 0.2) is 18.2 Å². The number of para-hydroxylation sites is 1. The van der Waals surface area contributed by atoms with Crippen molar-refractivity contribution in [1.29, 1.82) is 0 Å². The van der Waals surface area contributed by atoms with Crippen LogP contribution in [0.1, 0.15) is 24.2 Å². The Kier molecular flexibility index (Phi) is 2.25. The average Bonchev–Trinajstić information content (AvgIpc) is 2.62. The molecular weight excluding hydrogens is 174 g/mol. The number of nitrogens with one attached hydrogen (secondary N) is 1. The smallest absolute Gasteiger partial charge is 0.111 e. The number of imidazole rings is 1. The number of aryl methyl sites for hydroxylation is 1. The fraction of sp³-hybridized carbons (Fsp3) is 0.364. The number of benzene rings is 1. The predicted molar refractivity (Wildman–Crippen MR) is 58.3 cm³/mol. The molecule has 1 atom stereocenters. The van der Waals surface area contributed by atoms with Gasteiger partial charge in [0.15, 0.2) is 0 Å². The van der Waals surface area contributed by atoms with E-state index in [4.69, 9.17) is 5.73 Å². The Morgan fingerprint density at radius 3 is 2.93 bits per heavy atom. The Labute approximate surface area is 83.3 Å². The SMILES string of the molecule is Cc1cccc2[nH]c(C(C)CN)nc12. The van der Waals surface area contributed by atoms with Crippen molar-refractivity contribution in [1.82, 2.24) is 9.97 Å². The summed E-state index contributed by atoms with van der Waals surface area (Å²) in [6, 6.07) is 6.15. The topological polar surface area (TPSA) is 54.7 Å². The van der Waals surface area contributed by atoms with Crippen molar-refractivity contribution in [3.63, 3.8) is 0 Å². The van der Waals surface area contributed by atoms with Crippen LogP contribution in [0.4, 0.5) is 0 Å². The quantitative estimate of drug-likeness (QED) is 0.758. The first-order valence-corrected chi connectivity index (χ1v) is 4.87. The normalized spacial score (nSPS) is 13.4. The van der Waals surface area contributed by atoms with Crippen molar-refractivity contribution in [3.8, 4) is 0 Å². The van der Waals surface area contributed by atoms with Crippen LogP contribution in [0.25, 0.3) is 11.0 Å². The lowest BCUT2D eigenvalue weighted by atomic mass is 10.2. The lowest BCUT2D eigenvalue weighted by Crippen LogP contribution is -2.10. The molecule has 0 spiro atoms. The molecule has 2 rings (SSSR count). The van der Waals surface area contributed by atoms with E-state index in [2.05, 4.69) is 29.9 Å². The number of rotatable bonds is 2. The molecule has 14 heavy (non-hydrogen) atoms. The van der Waals surface area contributed by atoms with Gasteiger partial charge in [0.2, 0.25) is 0 Å². The summed E-state index contributed by atoms with van der Waals surface area (Å²) < 4.78 is 0. The molecule has 0 aliphatic carbocycles. The maximum Gasteiger partial charge on any atom is 0.111 e. The molecular formula is C11H15N3. The Hall–Kier alpha value is -1.35. The van der Waals surface area contributed by atoms with Gasteiger partial charge in [0, 0.05) is 12.5 Å². The summed E-state index contributed by atoms with van der Waals surface area (Å²) in [5, 5.41) is 0. The molecule has 0 aliphatic rings. The molecule has 2 aromatic rings. The zero-order valence-corrected chi connectivity index (χ0v) is 8.54. The van der Waals surface area contributed by atoms with Gasteiger partial charge in [0.1, 0.15) is 5.82 Å². The van der Waals surface area contributed by atoms with Crippen LogP contribution in [0.5, 0.6) is 0 Å². The molecule has 0 aliphatic heterocycles. The zero-order valence-electron chi connectivity index (χ0n) is 8.54. The Morgan fingerprint density at radius 1 is 1.50 bits per heavy atom. The summed E-state index contributed by atoms with van der Waals surface area (Å²) in [6.07, 6.45) is 0. The van der Waals surface area contributed by atoms with Gasteiger partial charge in [-0.1, -0.05) is 19.1 Å². The summed E-state index contributed by atoms with van der Waals surface area (Å²) in [4.78, 5) is 7.84. The monoisotopic (exact) mass is 189 g/mol. The van der Waals surface area contributed by atoms with Crippen LogP contribution >= 0.6 is 0 Å². The molecule has 0 radical (unpaired) electrons. The Balaban J connectivity index is 2.56. The average molecular weight is 189 g/mol. The van der Waals surface area contributed by atoms with E-state index in [0.29, 0.717) is 12.5 Å². The molecule has 1 aromatic heterocycles. The van der Waals surface area contributed by atoms with Crippen molar-refractivity contribution in [2.24, 2.45) is 5.73 Å². The highest BCUT2D eigenvalue weighted by atomic mass is 14.9. The summed E-state index contributed by atoms with van der Waals surface area (Å²) in [7, 11) is 0. The summed E-state index contributed by atoms with van der Waals surface area (Å²) in [5.74, 6) is 1.28. The third kappa shape index (κ3) is 1.40. The highest BCUT2D eigenvalue weighted by Gasteiger charge is 2.09. The number of H-pyrrole nitrogens is 1. The fourth-order valence-electron chi connectivity index (χ4n) is 1.54. The number of fused-ring (bicyclic) bond motifs is 1. The Morgan fingerprint density at radius 2 is 2.29 bits per heavy atom. The van der Waals surface area contributed by atoms with Crippen molar-refractivity contribution >= 4 is 11.0 Å². The van der Waals surface area contributed by atoms with E-state index in [1.54, 1.807) is 0 Å². The number of aromatic amines is 1. The van der Waals surface area contributed by atoms with Gasteiger partial charge in [-0.15, -0.1) is 0 Å². The van der Waals surface area contributed by atoms with Crippen LogP contribution in [-0.2, 0) is 0 Å². The van der Waals surface area contributed by atoms with Crippen molar-refractivity contribution < 1.29 is 0 Å². The van der Waals surface area contributed by atoms with E-state index in [9.17, 15) is 0 Å². The van der Waals surface area contributed by atoms with Crippen LogP contribution in [0, 0.1) is 6.92 Å². The standard InChI is InChI=1S/C11H15N3/c1-7-4-3-5-9-10(7)14-11(13-9)8(2)6-12/h3-5,8H,6,12H2,1-2H3,(H,13,14). The highest BCUT2D eigenvalue weighted by molar-refractivity contribution is 5.78. The van der Waals surface area contributed by atoms with Crippen molar-refractivity contribution in [2.45, 2.75) is 19.8 Å². The third-order valence-corrected chi connectivity index (χ3v) is 2.55. The summed E-state index contributed by atoms with van der Waals surface area (Å²) in [5.41, 5.74) is 8.96. The van der Waals surface area contributed by atoms with Gasteiger partial charge in [-0.3, -0.25) is 0 Å². The van der Waals surface area contributed by atoms with Crippen molar-refractivity contribution in [2.75, 3.05) is 6.54 Å². The number of nitrogens with zero attached hydrogens (tertiary/aromatic N) is 1. The highest BCUT2D eigenvalue weighted by Crippen LogP contribution is 2.19. The number of hydrogen-bond donors (Lipinski definition) is 2. The minimum Gasteiger partial charge on any atom is -0.342 e. The number of aromatic nitrogens is 2. The van der Waals surface area contributed by atoms with E-state index >= 15 is 0 Å². The van der Waals surface area contributed by atoms with Crippen LogP contribution in [-0.4, -0.2) is 16.5 Å². The molecule has 0 saturated heterocycles. The lowest BCUT2D eigenvalue weighted by molar-refractivity contribution is 0.727. The largest absolute Gasteiger partial charge is 0.342 e. The first-order valence-electron chi connectivity index (χ1n) is 4.87. The van der Waals surface area contributed by atoms with Gasteiger partial charge >= 0.3 is 0 Å². The zero-order chi connectivity index (χ0) is 10.1. The predicted octanol–water partition coefficient (Wildman–Crippen LogP) is 1.93. The fourth-order valence-corrected chi connectivity index (χ4v) is 1.54. The van der Waals surface area contributed by atoms with Gasteiger partial charge in [-0.05, 0) is 18.6 Å². The number of nitrogens with two attached hydrogens (primary N) is 1. The second-order valence-corrected chi connectivity index (χ2v) is 3.73. The van der Waals surface area contributed by atoms with Crippen LogP contribution in [0.3, 0.4) is 0 Å². The summed E-state index contributed by atoms with van der Waals surface area (Å²) in [6.45, 7) is 4.77. The molecule has 0 bridgehead atoms. The molecule has 3 N–H and O–H groups in total. The Bertz CT molecular complexity index is 445. The third-order valence-electron chi connectivity index (χ3n) is 2.55. The van der Waals surface area contributed by atoms with E-state index in [0.717, 1.165) is 16.9 Å². The molecule has 3 heteroatoms. The first kappa shape index (κ1) is 9.21. The molecule has 0 saturated carbocycles. The van der Waals surface area contributed by atoms with Gasteiger partial charge < -0.3 is 10.7 Å². The van der Waals surface area contributed by atoms with Crippen LogP contribution < -0.4 is 5.73 Å². The molecule has 1 aromatic carbocycles. The van der Waals surface area contributed by atoms with Gasteiger partial charge in [0.05, 0.1) is 11.0 Å². The molecule has 0 fully saturated rings. The van der Waals surface area contributed by atoms with Crippen molar-refractivity contribution in [3.05, 3.63) is 29.6 Å².